The summed E-state index contributed by atoms with van der Waals surface area (Å²) in [6, 6.07) is 1.25. The van der Waals surface area contributed by atoms with Gasteiger partial charge in [-0.2, -0.15) is 0 Å². The maximum atomic E-state index is 11.8. The minimum Gasteiger partial charge on any atom is -0.380 e. The molecule has 1 aromatic heterocycles. The molecular formula is C11H16ClN3O4. The summed E-state index contributed by atoms with van der Waals surface area (Å²) in [5, 5.41) is 13.3. The lowest BCUT2D eigenvalue weighted by molar-refractivity contribution is -0.384. The molecule has 1 rings (SSSR count). The molecule has 1 amide bonds. The third kappa shape index (κ3) is 4.88. The van der Waals surface area contributed by atoms with Gasteiger partial charge in [-0.25, -0.2) is 0 Å². The van der Waals surface area contributed by atoms with Gasteiger partial charge in [0.05, 0.1) is 17.7 Å². The second-order valence-corrected chi connectivity index (χ2v) is 4.24. The number of alkyl halides is 1. The van der Waals surface area contributed by atoms with Gasteiger partial charge in [-0.15, -0.1) is 11.6 Å². The molecule has 0 atom stereocenters. The summed E-state index contributed by atoms with van der Waals surface area (Å²) in [7, 11) is 1.59. The Morgan fingerprint density at radius 1 is 1.58 bits per heavy atom. The van der Waals surface area contributed by atoms with Crippen LogP contribution in [0.5, 0.6) is 0 Å². The highest BCUT2D eigenvalue weighted by Crippen LogP contribution is 2.14. The molecule has 1 aromatic rings. The second kappa shape index (κ2) is 7.75. The number of nitrogens with zero attached hydrogens (tertiary/aromatic N) is 2. The van der Waals surface area contributed by atoms with E-state index in [2.05, 4.69) is 5.32 Å². The quantitative estimate of drug-likeness (QED) is 0.338. The largest absolute Gasteiger partial charge is 0.380 e. The predicted octanol–water partition coefficient (Wildman–Crippen LogP) is 1.31. The summed E-state index contributed by atoms with van der Waals surface area (Å²) in [5.41, 5.74) is 0.159. The summed E-state index contributed by atoms with van der Waals surface area (Å²) in [5.74, 6) is 0.104. The van der Waals surface area contributed by atoms with Gasteiger partial charge >= 0.3 is 0 Å². The van der Waals surface area contributed by atoms with Gasteiger partial charge in [0.25, 0.3) is 11.6 Å². The molecule has 1 heterocycles. The van der Waals surface area contributed by atoms with E-state index in [0.29, 0.717) is 32.1 Å². The molecule has 8 heteroatoms. The minimum absolute atomic E-state index is 0.0990. The van der Waals surface area contributed by atoms with E-state index < -0.39 is 4.92 Å². The number of amides is 1. The Kier molecular flexibility index (Phi) is 6.31. The van der Waals surface area contributed by atoms with Crippen molar-refractivity contribution in [1.82, 2.24) is 9.88 Å². The van der Waals surface area contributed by atoms with Crippen LogP contribution in [0.1, 0.15) is 16.9 Å². The van der Waals surface area contributed by atoms with Crippen LogP contribution in [0.4, 0.5) is 5.69 Å². The number of nitro groups is 1. The number of hydrogen-bond donors (Lipinski definition) is 1. The Morgan fingerprint density at radius 3 is 2.89 bits per heavy atom. The number of nitrogens with one attached hydrogen (secondary N) is 1. The topological polar surface area (TPSA) is 86.4 Å². The fourth-order valence-corrected chi connectivity index (χ4v) is 1.61. The lowest BCUT2D eigenvalue weighted by atomic mass is 10.3. The summed E-state index contributed by atoms with van der Waals surface area (Å²) >= 11 is 5.44. The Labute approximate surface area is 115 Å². The van der Waals surface area contributed by atoms with Crippen LogP contribution >= 0.6 is 11.6 Å². The molecule has 0 aliphatic heterocycles. The lowest BCUT2D eigenvalue weighted by Gasteiger charge is -2.05. The fraction of sp³-hybridized carbons (Fsp3) is 0.545. The molecular weight excluding hydrogens is 274 g/mol. The molecule has 1 N–H and O–H groups in total. The highest BCUT2D eigenvalue weighted by molar-refractivity contribution is 6.17. The van der Waals surface area contributed by atoms with Crippen LogP contribution in [0.15, 0.2) is 12.3 Å². The smallest absolute Gasteiger partial charge is 0.287 e. The molecule has 0 saturated heterocycles. The molecule has 0 saturated carbocycles. The first kappa shape index (κ1) is 15.5. The number of aryl methyl sites for hydroxylation is 1. The van der Waals surface area contributed by atoms with Crippen molar-refractivity contribution in [2.75, 3.05) is 25.6 Å². The van der Waals surface area contributed by atoms with Crippen molar-refractivity contribution in [2.24, 2.45) is 7.05 Å². The average molecular weight is 290 g/mol. The van der Waals surface area contributed by atoms with Crippen LogP contribution < -0.4 is 5.32 Å². The first-order chi connectivity index (χ1) is 9.06. The van der Waals surface area contributed by atoms with Gasteiger partial charge < -0.3 is 14.6 Å². The normalized spacial score (nSPS) is 10.4. The number of halogens is 1. The molecule has 0 unspecified atom stereocenters. The van der Waals surface area contributed by atoms with E-state index in [9.17, 15) is 14.9 Å². The van der Waals surface area contributed by atoms with E-state index in [4.69, 9.17) is 16.3 Å². The van der Waals surface area contributed by atoms with Gasteiger partial charge in [-0.05, 0) is 6.42 Å². The van der Waals surface area contributed by atoms with Crippen molar-refractivity contribution >= 4 is 23.2 Å². The number of hydrogen-bond acceptors (Lipinski definition) is 4. The van der Waals surface area contributed by atoms with Gasteiger partial charge in [0.15, 0.2) is 0 Å². The highest BCUT2D eigenvalue weighted by atomic mass is 35.5. The van der Waals surface area contributed by atoms with Crippen LogP contribution in [-0.4, -0.2) is 41.0 Å². The average Bonchev–Trinajstić information content (AvgIpc) is 2.76. The minimum atomic E-state index is -0.531. The van der Waals surface area contributed by atoms with Crippen LogP contribution in [0.2, 0.25) is 0 Å². The highest BCUT2D eigenvalue weighted by Gasteiger charge is 2.16. The number of ether oxygens (including phenoxy) is 1. The number of carbonyl (C=O) groups excluding carboxylic acids is 1. The maximum absolute atomic E-state index is 11.8. The Bertz CT molecular complexity index is 447. The summed E-state index contributed by atoms with van der Waals surface area (Å²) in [6.45, 7) is 1.44. The SMILES string of the molecule is Cn1cc([N+](=O)[O-])cc1C(=O)NCCCOCCCl. The molecule has 0 aliphatic rings. The summed E-state index contributed by atoms with van der Waals surface area (Å²) < 4.78 is 6.58. The molecule has 0 aliphatic carbocycles. The number of carbonyl (C=O) groups is 1. The van der Waals surface area contributed by atoms with Crippen molar-refractivity contribution in [2.45, 2.75) is 6.42 Å². The van der Waals surface area contributed by atoms with E-state index >= 15 is 0 Å². The third-order valence-electron chi connectivity index (χ3n) is 2.41. The van der Waals surface area contributed by atoms with Crippen LogP contribution in [0, 0.1) is 10.1 Å². The first-order valence-electron chi connectivity index (χ1n) is 5.79. The van der Waals surface area contributed by atoms with Gasteiger partial charge in [0.2, 0.25) is 0 Å². The first-order valence-corrected chi connectivity index (χ1v) is 6.32. The predicted molar refractivity (Wildman–Crippen MR) is 70.6 cm³/mol. The van der Waals surface area contributed by atoms with Crippen molar-refractivity contribution in [3.8, 4) is 0 Å². The maximum Gasteiger partial charge on any atom is 0.287 e. The van der Waals surface area contributed by atoms with Crippen molar-refractivity contribution in [1.29, 1.82) is 0 Å². The number of aromatic nitrogens is 1. The molecule has 0 radical (unpaired) electrons. The lowest BCUT2D eigenvalue weighted by Crippen LogP contribution is -2.27. The molecule has 7 nitrogen and oxygen atoms in total. The van der Waals surface area contributed by atoms with Crippen molar-refractivity contribution in [3.63, 3.8) is 0 Å². The van der Waals surface area contributed by atoms with Crippen molar-refractivity contribution < 1.29 is 14.5 Å². The zero-order valence-electron chi connectivity index (χ0n) is 10.6. The Balaban J connectivity index is 2.39. The van der Waals surface area contributed by atoms with E-state index in [1.165, 1.54) is 16.8 Å². The number of rotatable bonds is 8. The van der Waals surface area contributed by atoms with Crippen LogP contribution in [0.3, 0.4) is 0 Å². The van der Waals surface area contributed by atoms with E-state index in [-0.39, 0.29) is 17.3 Å². The Morgan fingerprint density at radius 2 is 2.32 bits per heavy atom. The van der Waals surface area contributed by atoms with Gasteiger partial charge in [0.1, 0.15) is 5.69 Å². The van der Waals surface area contributed by atoms with Crippen LogP contribution in [-0.2, 0) is 11.8 Å². The van der Waals surface area contributed by atoms with E-state index in [1.807, 2.05) is 0 Å². The molecule has 106 valence electrons. The summed E-state index contributed by atoms with van der Waals surface area (Å²) in [4.78, 5) is 21.8. The zero-order valence-corrected chi connectivity index (χ0v) is 11.4. The van der Waals surface area contributed by atoms with Gasteiger partial charge in [0, 0.05) is 32.1 Å². The van der Waals surface area contributed by atoms with Crippen molar-refractivity contribution in [3.05, 3.63) is 28.1 Å². The molecule has 19 heavy (non-hydrogen) atoms. The van der Waals surface area contributed by atoms with E-state index in [0.717, 1.165) is 0 Å². The molecule has 0 bridgehead atoms. The molecule has 0 spiro atoms. The monoisotopic (exact) mass is 289 g/mol. The summed E-state index contributed by atoms with van der Waals surface area (Å²) in [6.07, 6.45) is 1.97. The second-order valence-electron chi connectivity index (χ2n) is 3.86. The fourth-order valence-electron chi connectivity index (χ4n) is 1.50. The zero-order chi connectivity index (χ0) is 14.3. The van der Waals surface area contributed by atoms with Crippen LogP contribution in [0.25, 0.3) is 0 Å². The standard InChI is InChI=1S/C11H16ClN3O4/c1-14-8-9(15(17)18)7-10(14)11(16)13-4-2-5-19-6-3-12/h7-8H,2-6H2,1H3,(H,13,16). The van der Waals surface area contributed by atoms with Gasteiger partial charge in [-0.3, -0.25) is 14.9 Å². The third-order valence-corrected chi connectivity index (χ3v) is 2.56. The van der Waals surface area contributed by atoms with E-state index in [1.54, 1.807) is 7.05 Å². The Hall–Kier alpha value is -1.60. The molecule has 0 fully saturated rings. The van der Waals surface area contributed by atoms with Gasteiger partial charge in [-0.1, -0.05) is 0 Å². The molecule has 0 aromatic carbocycles.